The van der Waals surface area contributed by atoms with Gasteiger partial charge in [0.05, 0.1) is 0 Å². The number of hydrogen-bond acceptors (Lipinski definition) is 3. The van der Waals surface area contributed by atoms with Crippen LogP contribution >= 0.6 is 0 Å². The maximum absolute atomic E-state index is 11.9. The van der Waals surface area contributed by atoms with E-state index in [2.05, 4.69) is 10.6 Å². The van der Waals surface area contributed by atoms with Gasteiger partial charge in [0.2, 0.25) is 0 Å². The van der Waals surface area contributed by atoms with Gasteiger partial charge < -0.3 is 20.3 Å². The van der Waals surface area contributed by atoms with Crippen LogP contribution < -0.4 is 15.4 Å². The predicted octanol–water partition coefficient (Wildman–Crippen LogP) is 2.08. The maximum atomic E-state index is 11.9. The molecule has 0 aliphatic rings. The van der Waals surface area contributed by atoms with E-state index in [0.717, 1.165) is 0 Å². The van der Waals surface area contributed by atoms with Crippen LogP contribution in [0.4, 0.5) is 10.5 Å². The van der Waals surface area contributed by atoms with Crippen molar-refractivity contribution >= 4 is 17.6 Å². The highest BCUT2D eigenvalue weighted by molar-refractivity contribution is 5.89. The molecule has 0 aliphatic heterocycles. The van der Waals surface area contributed by atoms with Crippen LogP contribution in [-0.4, -0.2) is 43.1 Å². The van der Waals surface area contributed by atoms with E-state index in [1.807, 2.05) is 20.8 Å². The Hall–Kier alpha value is -2.24. The van der Waals surface area contributed by atoms with Crippen molar-refractivity contribution in [3.05, 3.63) is 24.3 Å². The lowest BCUT2D eigenvalue weighted by Crippen LogP contribution is -2.34. The zero-order valence-electron chi connectivity index (χ0n) is 12.8. The Bertz CT molecular complexity index is 456. The van der Waals surface area contributed by atoms with Gasteiger partial charge in [-0.3, -0.25) is 4.79 Å². The van der Waals surface area contributed by atoms with Gasteiger partial charge in [0.25, 0.3) is 5.91 Å². The lowest BCUT2D eigenvalue weighted by atomic mass is 10.3. The van der Waals surface area contributed by atoms with Gasteiger partial charge in [-0.25, -0.2) is 4.79 Å². The number of ether oxygens (including phenoxy) is 1. The standard InChI is InChI=1S/C15H23N3O3/c1-4-16-14(19)11-21-13-9-7-12(8-10-13)17-15(20)18(5-2)6-3/h7-10H,4-6,11H2,1-3H3,(H,16,19)(H,17,20). The van der Waals surface area contributed by atoms with Gasteiger partial charge >= 0.3 is 6.03 Å². The number of benzene rings is 1. The Balaban J connectivity index is 2.50. The summed E-state index contributed by atoms with van der Waals surface area (Å²) in [6.45, 7) is 7.61. The molecule has 1 rings (SSSR count). The molecule has 21 heavy (non-hydrogen) atoms. The summed E-state index contributed by atoms with van der Waals surface area (Å²) < 4.78 is 5.33. The average Bonchev–Trinajstić information content (AvgIpc) is 2.48. The van der Waals surface area contributed by atoms with Gasteiger partial charge in [-0.15, -0.1) is 0 Å². The van der Waals surface area contributed by atoms with Crippen molar-refractivity contribution in [2.45, 2.75) is 20.8 Å². The summed E-state index contributed by atoms with van der Waals surface area (Å²) in [5, 5.41) is 5.46. The third-order valence-corrected chi connectivity index (χ3v) is 2.90. The SMILES string of the molecule is CCNC(=O)COc1ccc(NC(=O)N(CC)CC)cc1. The normalized spacial score (nSPS) is 9.86. The fraction of sp³-hybridized carbons (Fsp3) is 0.467. The van der Waals surface area contributed by atoms with Gasteiger partial charge in [0.15, 0.2) is 6.61 Å². The zero-order chi connectivity index (χ0) is 15.7. The van der Waals surface area contributed by atoms with Crippen molar-refractivity contribution in [3.8, 4) is 5.75 Å². The Labute approximate surface area is 125 Å². The second kappa shape index (κ2) is 8.84. The van der Waals surface area contributed by atoms with E-state index in [-0.39, 0.29) is 18.5 Å². The predicted molar refractivity (Wildman–Crippen MR) is 82.6 cm³/mol. The molecule has 6 nitrogen and oxygen atoms in total. The van der Waals surface area contributed by atoms with Crippen LogP contribution in [0.5, 0.6) is 5.75 Å². The first kappa shape index (κ1) is 16.8. The molecule has 2 N–H and O–H groups in total. The zero-order valence-corrected chi connectivity index (χ0v) is 12.8. The fourth-order valence-corrected chi connectivity index (χ4v) is 1.74. The second-order valence-electron chi connectivity index (χ2n) is 4.37. The molecule has 6 heteroatoms. The molecule has 116 valence electrons. The van der Waals surface area contributed by atoms with E-state index in [1.165, 1.54) is 0 Å². The molecule has 1 aromatic rings. The van der Waals surface area contributed by atoms with Gasteiger partial charge in [0.1, 0.15) is 5.75 Å². The van der Waals surface area contributed by atoms with Crippen molar-refractivity contribution < 1.29 is 14.3 Å². The first-order valence-corrected chi connectivity index (χ1v) is 7.16. The number of urea groups is 1. The van der Waals surface area contributed by atoms with Crippen LogP contribution in [0.2, 0.25) is 0 Å². The van der Waals surface area contributed by atoms with Crippen LogP contribution in [-0.2, 0) is 4.79 Å². The number of rotatable bonds is 7. The summed E-state index contributed by atoms with van der Waals surface area (Å²) in [7, 11) is 0. The Kier molecular flexibility index (Phi) is 7.08. The summed E-state index contributed by atoms with van der Waals surface area (Å²) in [6.07, 6.45) is 0. The summed E-state index contributed by atoms with van der Waals surface area (Å²) in [5.41, 5.74) is 0.692. The lowest BCUT2D eigenvalue weighted by molar-refractivity contribution is -0.122. The Morgan fingerprint density at radius 2 is 1.71 bits per heavy atom. The maximum Gasteiger partial charge on any atom is 0.321 e. The molecule has 1 aromatic carbocycles. The van der Waals surface area contributed by atoms with Gasteiger partial charge in [-0.05, 0) is 45.0 Å². The molecule has 0 radical (unpaired) electrons. The minimum absolute atomic E-state index is 0.0149. The number of hydrogen-bond donors (Lipinski definition) is 2. The van der Waals surface area contributed by atoms with Gasteiger partial charge in [-0.1, -0.05) is 0 Å². The van der Waals surface area contributed by atoms with Crippen LogP contribution in [0.25, 0.3) is 0 Å². The molecular formula is C15H23N3O3. The molecule has 0 unspecified atom stereocenters. The number of nitrogens with zero attached hydrogens (tertiary/aromatic N) is 1. The first-order chi connectivity index (χ1) is 10.1. The van der Waals surface area contributed by atoms with Crippen molar-refractivity contribution in [1.82, 2.24) is 10.2 Å². The van der Waals surface area contributed by atoms with E-state index >= 15 is 0 Å². The van der Waals surface area contributed by atoms with Crippen molar-refractivity contribution in [1.29, 1.82) is 0 Å². The lowest BCUT2D eigenvalue weighted by Gasteiger charge is -2.19. The number of carbonyl (C=O) groups excluding carboxylic acids is 2. The third kappa shape index (κ3) is 5.72. The van der Waals surface area contributed by atoms with E-state index in [1.54, 1.807) is 29.2 Å². The van der Waals surface area contributed by atoms with Crippen LogP contribution in [0.3, 0.4) is 0 Å². The molecular weight excluding hydrogens is 270 g/mol. The Morgan fingerprint density at radius 3 is 2.24 bits per heavy atom. The smallest absolute Gasteiger partial charge is 0.321 e. The summed E-state index contributed by atoms with van der Waals surface area (Å²) in [5.74, 6) is 0.429. The largest absolute Gasteiger partial charge is 0.484 e. The van der Waals surface area contributed by atoms with Crippen molar-refractivity contribution in [3.63, 3.8) is 0 Å². The topological polar surface area (TPSA) is 70.7 Å². The van der Waals surface area contributed by atoms with Gasteiger partial charge in [-0.2, -0.15) is 0 Å². The number of anilines is 1. The number of likely N-dealkylation sites (N-methyl/N-ethyl adjacent to an activating group) is 1. The van der Waals surface area contributed by atoms with E-state index < -0.39 is 0 Å². The minimum Gasteiger partial charge on any atom is -0.484 e. The first-order valence-electron chi connectivity index (χ1n) is 7.16. The molecule has 0 bridgehead atoms. The average molecular weight is 293 g/mol. The van der Waals surface area contributed by atoms with Crippen LogP contribution in [0.1, 0.15) is 20.8 Å². The molecule has 0 spiro atoms. The highest BCUT2D eigenvalue weighted by Gasteiger charge is 2.09. The highest BCUT2D eigenvalue weighted by atomic mass is 16.5. The van der Waals surface area contributed by atoms with Crippen LogP contribution in [0.15, 0.2) is 24.3 Å². The van der Waals surface area contributed by atoms with E-state index in [4.69, 9.17) is 4.74 Å². The molecule has 0 saturated carbocycles. The number of carbonyl (C=O) groups is 2. The molecule has 3 amide bonds. The molecule has 0 fully saturated rings. The monoisotopic (exact) mass is 293 g/mol. The summed E-state index contributed by atoms with van der Waals surface area (Å²) >= 11 is 0. The molecule has 0 aromatic heterocycles. The number of amides is 3. The van der Waals surface area contributed by atoms with Crippen molar-refractivity contribution in [2.24, 2.45) is 0 Å². The van der Waals surface area contributed by atoms with E-state index in [9.17, 15) is 9.59 Å². The summed E-state index contributed by atoms with van der Waals surface area (Å²) in [6, 6.07) is 6.80. The van der Waals surface area contributed by atoms with Crippen LogP contribution in [0, 0.1) is 0 Å². The number of nitrogens with one attached hydrogen (secondary N) is 2. The van der Waals surface area contributed by atoms with Gasteiger partial charge in [0, 0.05) is 25.3 Å². The quantitative estimate of drug-likeness (QED) is 0.808. The molecule has 0 aliphatic carbocycles. The van der Waals surface area contributed by atoms with Crippen molar-refractivity contribution in [2.75, 3.05) is 31.6 Å². The molecule has 0 atom stereocenters. The molecule has 0 saturated heterocycles. The highest BCUT2D eigenvalue weighted by Crippen LogP contribution is 2.16. The fourth-order valence-electron chi connectivity index (χ4n) is 1.74. The Morgan fingerprint density at radius 1 is 1.10 bits per heavy atom. The molecule has 0 heterocycles. The van der Waals surface area contributed by atoms with E-state index in [0.29, 0.717) is 31.1 Å². The minimum atomic E-state index is -0.156. The summed E-state index contributed by atoms with van der Waals surface area (Å²) in [4.78, 5) is 24.8. The second-order valence-corrected chi connectivity index (χ2v) is 4.37. The third-order valence-electron chi connectivity index (χ3n) is 2.90.